The number of rotatable bonds is 6. The molecule has 1 N–H and O–H groups in total. The molecule has 1 unspecified atom stereocenters. The van der Waals surface area contributed by atoms with Gasteiger partial charge in [-0.15, -0.1) is 0 Å². The quantitative estimate of drug-likeness (QED) is 0.593. The molecule has 0 aliphatic carbocycles. The number of hydrogen-bond acceptors (Lipinski definition) is 4. The Kier molecular flexibility index (Phi) is 6.98. The van der Waals surface area contributed by atoms with E-state index in [1.807, 2.05) is 6.92 Å². The van der Waals surface area contributed by atoms with Crippen LogP contribution in [-0.4, -0.2) is 38.1 Å². The lowest BCUT2D eigenvalue weighted by atomic mass is 10.0. The number of Topliss-reactive ketones (excluding diaryl/α,β-unsaturated/α-hetero) is 1. The smallest absolute Gasteiger partial charge is 0.378 e. The Labute approximate surface area is 184 Å². The van der Waals surface area contributed by atoms with E-state index in [1.54, 1.807) is 0 Å². The van der Waals surface area contributed by atoms with Crippen molar-refractivity contribution in [2.45, 2.75) is 30.8 Å². The molecular weight excluding hydrogens is 453 g/mol. The van der Waals surface area contributed by atoms with Crippen LogP contribution < -0.4 is 5.32 Å². The van der Waals surface area contributed by atoms with Gasteiger partial charge in [-0.25, -0.2) is 8.42 Å². The molecule has 5 nitrogen and oxygen atoms in total. The summed E-state index contributed by atoms with van der Waals surface area (Å²) in [6.45, 7) is 2.56. The summed E-state index contributed by atoms with van der Waals surface area (Å²) in [7, 11) is -3.72. The van der Waals surface area contributed by atoms with E-state index in [-0.39, 0.29) is 28.6 Å². The predicted octanol–water partition coefficient (Wildman–Crippen LogP) is 5.07. The van der Waals surface area contributed by atoms with Crippen molar-refractivity contribution in [1.82, 2.24) is 4.31 Å². The van der Waals surface area contributed by atoms with Gasteiger partial charge in [-0.1, -0.05) is 30.7 Å². The van der Waals surface area contributed by atoms with Crippen LogP contribution in [0.15, 0.2) is 47.4 Å². The molecule has 1 atom stereocenters. The van der Waals surface area contributed by atoms with Crippen LogP contribution in [0.5, 0.6) is 0 Å². The van der Waals surface area contributed by atoms with Gasteiger partial charge >= 0.3 is 6.18 Å². The number of carbonyl (C=O) groups excluding carboxylic acids is 1. The number of hydrogen-bond donors (Lipinski definition) is 1. The number of benzene rings is 2. The molecule has 2 aromatic rings. The number of alkyl halides is 3. The maximum Gasteiger partial charge on any atom is 0.417 e. The third-order valence-corrected chi connectivity index (χ3v) is 7.33. The average Bonchev–Trinajstić information content (AvgIpc) is 2.72. The summed E-state index contributed by atoms with van der Waals surface area (Å²) in [6, 6.07) is 8.97. The molecule has 0 saturated carbocycles. The summed E-state index contributed by atoms with van der Waals surface area (Å²) < 4.78 is 66.2. The summed E-state index contributed by atoms with van der Waals surface area (Å²) in [5.41, 5.74) is -0.768. The van der Waals surface area contributed by atoms with Gasteiger partial charge in [-0.05, 0) is 49.1 Å². The van der Waals surface area contributed by atoms with Crippen molar-refractivity contribution in [3.05, 3.63) is 58.6 Å². The average molecular weight is 475 g/mol. The standard InChI is InChI=1S/C21H22ClF3N2O3S/c1-14-4-3-9-27(13-14)31(29,30)17-6-2-5-15(10-17)20(28)12-26-16-7-8-19(22)18(11-16)21(23,24)25/h2,5-8,10-11,14,26H,3-4,9,12-13H2,1H3. The molecule has 1 aliphatic heterocycles. The second-order valence-electron chi connectivity index (χ2n) is 7.61. The molecule has 1 fully saturated rings. The fourth-order valence-electron chi connectivity index (χ4n) is 3.48. The zero-order valence-electron chi connectivity index (χ0n) is 16.7. The molecule has 31 heavy (non-hydrogen) atoms. The summed E-state index contributed by atoms with van der Waals surface area (Å²) in [5.74, 6) is -0.189. The zero-order valence-corrected chi connectivity index (χ0v) is 18.3. The van der Waals surface area contributed by atoms with E-state index < -0.39 is 32.6 Å². The molecule has 1 saturated heterocycles. The van der Waals surface area contributed by atoms with Crippen LogP contribution in [0.2, 0.25) is 5.02 Å². The van der Waals surface area contributed by atoms with Gasteiger partial charge in [0.15, 0.2) is 5.78 Å². The number of ketones is 1. The highest BCUT2D eigenvalue weighted by Crippen LogP contribution is 2.36. The number of nitrogens with zero attached hydrogens (tertiary/aromatic N) is 1. The molecule has 0 bridgehead atoms. The molecule has 0 amide bonds. The highest BCUT2D eigenvalue weighted by molar-refractivity contribution is 7.89. The Hall–Kier alpha value is -2.10. The molecule has 10 heteroatoms. The number of carbonyl (C=O) groups is 1. The van der Waals surface area contributed by atoms with Crippen molar-refractivity contribution >= 4 is 33.1 Å². The molecule has 1 aliphatic rings. The maximum atomic E-state index is 13.0. The Morgan fingerprint density at radius 2 is 1.97 bits per heavy atom. The van der Waals surface area contributed by atoms with Crippen LogP contribution in [-0.2, 0) is 16.2 Å². The minimum Gasteiger partial charge on any atom is -0.378 e. The fourth-order valence-corrected chi connectivity index (χ4v) is 5.35. The van der Waals surface area contributed by atoms with Crippen molar-refractivity contribution in [2.75, 3.05) is 25.0 Å². The summed E-state index contributed by atoms with van der Waals surface area (Å²) in [4.78, 5) is 12.6. The van der Waals surface area contributed by atoms with E-state index in [0.717, 1.165) is 25.0 Å². The third kappa shape index (κ3) is 5.58. The first-order valence-electron chi connectivity index (χ1n) is 9.72. The number of nitrogens with one attached hydrogen (secondary N) is 1. The molecule has 3 rings (SSSR count). The molecule has 2 aromatic carbocycles. The third-order valence-electron chi connectivity index (χ3n) is 5.14. The number of halogens is 4. The van der Waals surface area contributed by atoms with Crippen LogP contribution in [0.1, 0.15) is 35.7 Å². The Balaban J connectivity index is 1.74. The van der Waals surface area contributed by atoms with E-state index in [1.165, 1.54) is 34.6 Å². The zero-order chi connectivity index (χ0) is 22.8. The van der Waals surface area contributed by atoms with Gasteiger partial charge in [0.2, 0.25) is 10.0 Å². The molecule has 0 radical (unpaired) electrons. The monoisotopic (exact) mass is 474 g/mol. The van der Waals surface area contributed by atoms with Gasteiger partial charge in [0, 0.05) is 24.3 Å². The van der Waals surface area contributed by atoms with Crippen LogP contribution in [0.3, 0.4) is 0 Å². The van der Waals surface area contributed by atoms with Crippen molar-refractivity contribution in [3.8, 4) is 0 Å². The molecule has 0 spiro atoms. The summed E-state index contributed by atoms with van der Waals surface area (Å²) >= 11 is 5.60. The first-order valence-corrected chi connectivity index (χ1v) is 11.5. The molecule has 1 heterocycles. The van der Waals surface area contributed by atoms with Crippen molar-refractivity contribution in [1.29, 1.82) is 0 Å². The summed E-state index contributed by atoms with van der Waals surface area (Å²) in [6.07, 6.45) is -2.87. The summed E-state index contributed by atoms with van der Waals surface area (Å²) in [5, 5.41) is 2.21. The van der Waals surface area contributed by atoms with E-state index in [9.17, 15) is 26.4 Å². The lowest BCUT2D eigenvalue weighted by molar-refractivity contribution is -0.137. The van der Waals surface area contributed by atoms with E-state index in [0.29, 0.717) is 13.1 Å². The van der Waals surface area contributed by atoms with E-state index >= 15 is 0 Å². The molecule has 0 aromatic heterocycles. The van der Waals surface area contributed by atoms with E-state index in [4.69, 9.17) is 11.6 Å². The first-order chi connectivity index (χ1) is 14.5. The first kappa shape index (κ1) is 23.6. The van der Waals surface area contributed by atoms with E-state index in [2.05, 4.69) is 5.32 Å². The molecule has 168 valence electrons. The Morgan fingerprint density at radius 3 is 2.65 bits per heavy atom. The number of anilines is 1. The Morgan fingerprint density at radius 1 is 1.23 bits per heavy atom. The van der Waals surface area contributed by atoms with Crippen LogP contribution in [0.25, 0.3) is 0 Å². The van der Waals surface area contributed by atoms with Gasteiger partial charge in [0.05, 0.1) is 22.0 Å². The SMILES string of the molecule is CC1CCCN(S(=O)(=O)c2cccc(C(=O)CNc3ccc(Cl)c(C(F)(F)F)c3)c2)C1. The maximum absolute atomic E-state index is 13.0. The predicted molar refractivity (Wildman–Crippen MR) is 113 cm³/mol. The minimum absolute atomic E-state index is 0.0262. The minimum atomic E-state index is -4.62. The van der Waals surface area contributed by atoms with Crippen LogP contribution >= 0.6 is 11.6 Å². The lowest BCUT2D eigenvalue weighted by Gasteiger charge is -2.30. The van der Waals surface area contributed by atoms with Crippen LogP contribution in [0.4, 0.5) is 18.9 Å². The van der Waals surface area contributed by atoms with Gasteiger partial charge < -0.3 is 5.32 Å². The Bertz CT molecular complexity index is 1070. The van der Waals surface area contributed by atoms with Crippen molar-refractivity contribution < 1.29 is 26.4 Å². The van der Waals surface area contributed by atoms with Crippen molar-refractivity contribution in [2.24, 2.45) is 5.92 Å². The normalized spacial score (nSPS) is 18.0. The van der Waals surface area contributed by atoms with Gasteiger partial charge in [-0.3, -0.25) is 4.79 Å². The fraction of sp³-hybridized carbons (Fsp3) is 0.381. The second-order valence-corrected chi connectivity index (χ2v) is 9.95. The highest BCUT2D eigenvalue weighted by Gasteiger charge is 2.33. The van der Waals surface area contributed by atoms with Crippen LogP contribution in [0, 0.1) is 5.92 Å². The lowest BCUT2D eigenvalue weighted by Crippen LogP contribution is -2.39. The van der Waals surface area contributed by atoms with Gasteiger partial charge in [0.25, 0.3) is 0 Å². The number of sulfonamides is 1. The highest BCUT2D eigenvalue weighted by atomic mass is 35.5. The van der Waals surface area contributed by atoms with Gasteiger partial charge in [0.1, 0.15) is 0 Å². The number of piperidine rings is 1. The van der Waals surface area contributed by atoms with Crippen molar-refractivity contribution in [3.63, 3.8) is 0 Å². The largest absolute Gasteiger partial charge is 0.417 e. The topological polar surface area (TPSA) is 66.5 Å². The van der Waals surface area contributed by atoms with Gasteiger partial charge in [-0.2, -0.15) is 17.5 Å². The second kappa shape index (κ2) is 9.18. The molecular formula is C21H22ClF3N2O3S.